The fourth-order valence-electron chi connectivity index (χ4n) is 2.16. The molecule has 7 nitrogen and oxygen atoms in total. The molecule has 0 atom stereocenters. The number of hydrogen-bond donors (Lipinski definition) is 0. The quantitative estimate of drug-likeness (QED) is 0.436. The molecule has 0 saturated carbocycles. The van der Waals surface area contributed by atoms with Crippen LogP contribution >= 0.6 is 27.5 Å². The Labute approximate surface area is 176 Å². The van der Waals surface area contributed by atoms with E-state index in [0.717, 1.165) is 10.4 Å². The Morgan fingerprint density at radius 2 is 1.82 bits per heavy atom. The number of esters is 1. The fraction of sp³-hybridized carbons (Fsp3) is 0.222. The first-order valence-corrected chi connectivity index (χ1v) is 10.4. The van der Waals surface area contributed by atoms with Gasteiger partial charge in [-0.2, -0.15) is 0 Å². The van der Waals surface area contributed by atoms with Crippen LogP contribution in [0.15, 0.2) is 45.8 Å². The van der Waals surface area contributed by atoms with Crippen LogP contribution in [0.25, 0.3) is 0 Å². The van der Waals surface area contributed by atoms with Gasteiger partial charge in [-0.05, 0) is 52.3 Å². The van der Waals surface area contributed by atoms with E-state index in [-0.39, 0.29) is 15.5 Å². The molecule has 0 radical (unpaired) electrons. The monoisotopic (exact) mass is 489 g/mol. The minimum atomic E-state index is -3.75. The van der Waals surface area contributed by atoms with E-state index in [1.807, 2.05) is 0 Å². The van der Waals surface area contributed by atoms with Gasteiger partial charge in [0.1, 0.15) is 5.75 Å². The number of benzene rings is 2. The number of ketones is 1. The summed E-state index contributed by atoms with van der Waals surface area (Å²) in [5, 5.41) is 0.0161. The lowest BCUT2D eigenvalue weighted by Crippen LogP contribution is -2.22. The third-order valence-electron chi connectivity index (χ3n) is 3.74. The van der Waals surface area contributed by atoms with Gasteiger partial charge in [0.25, 0.3) is 0 Å². The largest absolute Gasteiger partial charge is 0.496 e. The normalized spacial score (nSPS) is 11.4. The zero-order valence-corrected chi connectivity index (χ0v) is 18.4. The predicted molar refractivity (Wildman–Crippen MR) is 108 cm³/mol. The Morgan fingerprint density at radius 3 is 2.39 bits per heavy atom. The zero-order chi connectivity index (χ0) is 21.1. The van der Waals surface area contributed by atoms with E-state index in [9.17, 15) is 18.0 Å². The Kier molecular flexibility index (Phi) is 7.22. The van der Waals surface area contributed by atoms with Crippen molar-refractivity contribution >= 4 is 49.3 Å². The number of rotatable bonds is 7. The molecule has 0 saturated heterocycles. The first-order valence-electron chi connectivity index (χ1n) is 7.84. The van der Waals surface area contributed by atoms with E-state index in [1.54, 1.807) is 12.1 Å². The van der Waals surface area contributed by atoms with Gasteiger partial charge in [0.15, 0.2) is 12.4 Å². The van der Waals surface area contributed by atoms with E-state index in [4.69, 9.17) is 21.1 Å². The van der Waals surface area contributed by atoms with Crippen molar-refractivity contribution in [3.8, 4) is 5.75 Å². The number of ether oxygens (including phenoxy) is 2. The number of carbonyl (C=O) groups excluding carboxylic acids is 2. The molecule has 2 aromatic carbocycles. The van der Waals surface area contributed by atoms with Crippen molar-refractivity contribution < 1.29 is 27.5 Å². The minimum absolute atomic E-state index is 0.0161. The number of halogens is 2. The topological polar surface area (TPSA) is 90.0 Å². The number of carbonyl (C=O) groups is 2. The summed E-state index contributed by atoms with van der Waals surface area (Å²) in [5.41, 5.74) is 0.170. The molecule has 0 aromatic heterocycles. The van der Waals surface area contributed by atoms with Crippen molar-refractivity contribution in [1.82, 2.24) is 4.31 Å². The summed E-state index contributed by atoms with van der Waals surface area (Å²) >= 11 is 9.27. The van der Waals surface area contributed by atoms with Gasteiger partial charge in [-0.1, -0.05) is 11.6 Å². The molecular weight excluding hydrogens is 474 g/mol. The zero-order valence-electron chi connectivity index (χ0n) is 15.2. The maximum Gasteiger partial charge on any atom is 0.340 e. The Bertz CT molecular complexity index is 1020. The molecular formula is C18H17BrClNO6S. The Balaban J connectivity index is 2.17. The van der Waals surface area contributed by atoms with Crippen molar-refractivity contribution in [3.63, 3.8) is 0 Å². The smallest absolute Gasteiger partial charge is 0.340 e. The number of hydrogen-bond acceptors (Lipinski definition) is 6. The lowest BCUT2D eigenvalue weighted by molar-refractivity contribution is 0.0474. The van der Waals surface area contributed by atoms with Crippen LogP contribution in [-0.4, -0.2) is 52.3 Å². The molecule has 0 spiro atoms. The molecule has 0 amide bonds. The highest BCUT2D eigenvalue weighted by atomic mass is 79.9. The number of sulfonamides is 1. The molecule has 0 aliphatic rings. The van der Waals surface area contributed by atoms with Crippen molar-refractivity contribution in [3.05, 3.63) is 57.0 Å². The van der Waals surface area contributed by atoms with Gasteiger partial charge in [-0.3, -0.25) is 4.79 Å². The Hall–Kier alpha value is -1.94. The highest BCUT2D eigenvalue weighted by molar-refractivity contribution is 9.10. The van der Waals surface area contributed by atoms with Crippen LogP contribution in [0.3, 0.4) is 0 Å². The fourth-order valence-corrected chi connectivity index (χ4v) is 3.83. The summed E-state index contributed by atoms with van der Waals surface area (Å²) < 4.78 is 36.1. The molecule has 2 aromatic rings. The van der Waals surface area contributed by atoms with Gasteiger partial charge in [0.05, 0.1) is 27.1 Å². The third-order valence-corrected chi connectivity index (χ3v) is 6.50. The van der Waals surface area contributed by atoms with Crippen LogP contribution in [0, 0.1) is 0 Å². The highest BCUT2D eigenvalue weighted by Crippen LogP contribution is 2.26. The molecule has 0 aliphatic heterocycles. The van der Waals surface area contributed by atoms with Crippen LogP contribution in [0.5, 0.6) is 5.75 Å². The van der Waals surface area contributed by atoms with Crippen LogP contribution < -0.4 is 4.74 Å². The average Bonchev–Trinajstić information content (AvgIpc) is 2.65. The second-order valence-electron chi connectivity index (χ2n) is 5.78. The van der Waals surface area contributed by atoms with Crippen LogP contribution in [0.1, 0.15) is 20.7 Å². The molecule has 150 valence electrons. The molecule has 0 unspecified atom stereocenters. The summed E-state index contributed by atoms with van der Waals surface area (Å²) in [5.74, 6) is -0.786. The predicted octanol–water partition coefficient (Wildman–Crippen LogP) is 3.40. The second-order valence-corrected chi connectivity index (χ2v) is 9.19. The van der Waals surface area contributed by atoms with E-state index in [2.05, 4.69) is 15.9 Å². The average molecular weight is 491 g/mol. The molecule has 0 aliphatic carbocycles. The van der Waals surface area contributed by atoms with Gasteiger partial charge in [-0.15, -0.1) is 0 Å². The maximum atomic E-state index is 12.3. The molecule has 0 bridgehead atoms. The standard InChI is InChI=1S/C18H17BrClNO6S/c1-21(2)28(24,25)12-5-6-15(20)13(9-12)18(23)27-10-16(22)11-4-7-17(26-3)14(19)8-11/h4-9H,10H2,1-3H3. The van der Waals surface area contributed by atoms with Gasteiger partial charge in [-0.25, -0.2) is 17.5 Å². The number of methoxy groups -OCH3 is 1. The van der Waals surface area contributed by atoms with Gasteiger partial charge in [0.2, 0.25) is 10.0 Å². The van der Waals surface area contributed by atoms with Crippen LogP contribution in [-0.2, 0) is 14.8 Å². The van der Waals surface area contributed by atoms with E-state index < -0.39 is 28.4 Å². The van der Waals surface area contributed by atoms with Crippen molar-refractivity contribution in [2.45, 2.75) is 4.90 Å². The van der Waals surface area contributed by atoms with Crippen molar-refractivity contribution in [1.29, 1.82) is 0 Å². The molecule has 2 rings (SSSR count). The molecule has 0 N–H and O–H groups in total. The van der Waals surface area contributed by atoms with Gasteiger partial charge in [0, 0.05) is 19.7 Å². The molecule has 10 heteroatoms. The van der Waals surface area contributed by atoms with Gasteiger partial charge < -0.3 is 9.47 Å². The number of nitrogens with zero attached hydrogens (tertiary/aromatic N) is 1. The lowest BCUT2D eigenvalue weighted by atomic mass is 10.1. The number of Topliss-reactive ketones (excluding diaryl/α,β-unsaturated/α-hetero) is 1. The first-order chi connectivity index (χ1) is 13.1. The SMILES string of the molecule is COc1ccc(C(=O)COC(=O)c2cc(S(=O)(=O)N(C)C)ccc2Cl)cc1Br. The van der Waals surface area contributed by atoms with E-state index >= 15 is 0 Å². The van der Waals surface area contributed by atoms with Crippen molar-refractivity contribution in [2.75, 3.05) is 27.8 Å². The minimum Gasteiger partial charge on any atom is -0.496 e. The highest BCUT2D eigenvalue weighted by Gasteiger charge is 2.22. The summed E-state index contributed by atoms with van der Waals surface area (Å²) in [7, 11) is 0.483. The summed E-state index contributed by atoms with van der Waals surface area (Å²) in [4.78, 5) is 24.5. The first kappa shape index (κ1) is 22.4. The van der Waals surface area contributed by atoms with E-state index in [1.165, 1.54) is 39.4 Å². The van der Waals surface area contributed by atoms with Crippen molar-refractivity contribution in [2.24, 2.45) is 0 Å². The van der Waals surface area contributed by atoms with E-state index in [0.29, 0.717) is 15.8 Å². The summed E-state index contributed by atoms with van der Waals surface area (Å²) in [6.45, 7) is -0.529. The van der Waals surface area contributed by atoms with Crippen LogP contribution in [0.4, 0.5) is 0 Å². The molecule has 0 heterocycles. The summed E-state index contributed by atoms with van der Waals surface area (Å²) in [6, 6.07) is 8.38. The Morgan fingerprint density at radius 1 is 1.14 bits per heavy atom. The lowest BCUT2D eigenvalue weighted by Gasteiger charge is -2.13. The second kappa shape index (κ2) is 9.04. The molecule has 28 heavy (non-hydrogen) atoms. The molecule has 0 fully saturated rings. The third kappa shape index (κ3) is 4.91. The van der Waals surface area contributed by atoms with Crippen LogP contribution in [0.2, 0.25) is 5.02 Å². The van der Waals surface area contributed by atoms with Gasteiger partial charge >= 0.3 is 5.97 Å². The summed E-state index contributed by atoms with van der Waals surface area (Å²) in [6.07, 6.45) is 0. The maximum absolute atomic E-state index is 12.3.